The quantitative estimate of drug-likeness (QED) is 0.808. The SMILES string of the molecule is O=C(O)c1cnc(Cl)nc1NC1CC2(COC2)C1. The number of aromatic nitrogens is 2. The normalized spacial score (nSPS) is 21.2. The van der Waals surface area contributed by atoms with Gasteiger partial charge in [0.25, 0.3) is 0 Å². The van der Waals surface area contributed by atoms with E-state index in [-0.39, 0.29) is 16.9 Å². The molecule has 0 atom stereocenters. The topological polar surface area (TPSA) is 84.3 Å². The summed E-state index contributed by atoms with van der Waals surface area (Å²) in [6.45, 7) is 1.61. The van der Waals surface area contributed by atoms with E-state index in [1.807, 2.05) is 0 Å². The molecule has 2 N–H and O–H groups in total. The van der Waals surface area contributed by atoms with Crippen molar-refractivity contribution in [1.29, 1.82) is 0 Å². The van der Waals surface area contributed by atoms with Crippen LogP contribution in [0.2, 0.25) is 5.28 Å². The third-order valence-corrected chi connectivity index (χ3v) is 3.69. The van der Waals surface area contributed by atoms with E-state index in [1.165, 1.54) is 6.20 Å². The van der Waals surface area contributed by atoms with Gasteiger partial charge < -0.3 is 15.2 Å². The lowest BCUT2D eigenvalue weighted by Gasteiger charge is -2.53. The van der Waals surface area contributed by atoms with Gasteiger partial charge in [-0.15, -0.1) is 0 Å². The molecule has 0 amide bonds. The first-order chi connectivity index (χ1) is 8.58. The van der Waals surface area contributed by atoms with Gasteiger partial charge in [0.2, 0.25) is 5.28 Å². The van der Waals surface area contributed by atoms with Gasteiger partial charge in [0.1, 0.15) is 11.4 Å². The fraction of sp³-hybridized carbons (Fsp3) is 0.545. The second-order valence-electron chi connectivity index (χ2n) is 4.95. The molecule has 2 aliphatic rings. The van der Waals surface area contributed by atoms with Crippen molar-refractivity contribution in [2.45, 2.75) is 18.9 Å². The smallest absolute Gasteiger partial charge is 0.341 e. The highest BCUT2D eigenvalue weighted by Crippen LogP contribution is 2.47. The molecule has 1 spiro atoms. The molecule has 0 bridgehead atoms. The number of carboxylic acid groups (broad SMARTS) is 1. The second-order valence-corrected chi connectivity index (χ2v) is 5.29. The van der Waals surface area contributed by atoms with Gasteiger partial charge in [-0.05, 0) is 24.4 Å². The molecule has 0 aromatic carbocycles. The number of aromatic carboxylic acids is 1. The number of hydrogen-bond donors (Lipinski definition) is 2. The zero-order valence-electron chi connectivity index (χ0n) is 9.52. The predicted octanol–water partition coefficient (Wildman–Crippen LogP) is 1.42. The molecule has 2 fully saturated rings. The Morgan fingerprint density at radius 2 is 2.28 bits per heavy atom. The molecule has 1 aliphatic heterocycles. The Morgan fingerprint density at radius 3 is 2.83 bits per heavy atom. The number of nitrogens with zero attached hydrogens (tertiary/aromatic N) is 2. The van der Waals surface area contributed by atoms with Crippen LogP contribution in [0.5, 0.6) is 0 Å². The molecule has 3 rings (SSSR count). The zero-order valence-corrected chi connectivity index (χ0v) is 10.3. The summed E-state index contributed by atoms with van der Waals surface area (Å²) in [5, 5.41) is 12.2. The van der Waals surface area contributed by atoms with Crippen LogP contribution in [0.3, 0.4) is 0 Å². The maximum atomic E-state index is 11.0. The van der Waals surface area contributed by atoms with E-state index in [0.29, 0.717) is 11.2 Å². The van der Waals surface area contributed by atoms with E-state index in [1.54, 1.807) is 0 Å². The molecule has 2 heterocycles. The summed E-state index contributed by atoms with van der Waals surface area (Å²) in [7, 11) is 0. The number of nitrogens with one attached hydrogen (secondary N) is 1. The van der Waals surface area contributed by atoms with Crippen LogP contribution in [-0.4, -0.2) is 40.3 Å². The Morgan fingerprint density at radius 1 is 1.56 bits per heavy atom. The van der Waals surface area contributed by atoms with Crippen molar-refractivity contribution in [2.24, 2.45) is 5.41 Å². The molecule has 18 heavy (non-hydrogen) atoms. The Balaban J connectivity index is 1.72. The minimum absolute atomic E-state index is 0.0449. The van der Waals surface area contributed by atoms with Crippen molar-refractivity contribution in [3.63, 3.8) is 0 Å². The average Bonchev–Trinajstić information content (AvgIpc) is 2.19. The first-order valence-corrected chi connectivity index (χ1v) is 6.06. The van der Waals surface area contributed by atoms with E-state index in [0.717, 1.165) is 26.1 Å². The number of halogens is 1. The Kier molecular flexibility index (Phi) is 2.64. The minimum Gasteiger partial charge on any atom is -0.477 e. The molecule has 1 aromatic heterocycles. The maximum Gasteiger partial charge on any atom is 0.341 e. The highest BCUT2D eigenvalue weighted by molar-refractivity contribution is 6.28. The number of ether oxygens (including phenoxy) is 1. The van der Waals surface area contributed by atoms with Crippen LogP contribution >= 0.6 is 11.6 Å². The number of hydrogen-bond acceptors (Lipinski definition) is 5. The van der Waals surface area contributed by atoms with Gasteiger partial charge in [-0.2, -0.15) is 4.98 Å². The monoisotopic (exact) mass is 269 g/mol. The van der Waals surface area contributed by atoms with Crippen LogP contribution in [0.15, 0.2) is 6.20 Å². The van der Waals surface area contributed by atoms with Crippen molar-refractivity contribution < 1.29 is 14.6 Å². The second kappa shape index (κ2) is 4.07. The molecule has 0 radical (unpaired) electrons. The van der Waals surface area contributed by atoms with Gasteiger partial charge >= 0.3 is 5.97 Å². The van der Waals surface area contributed by atoms with Crippen molar-refractivity contribution in [3.05, 3.63) is 17.0 Å². The number of carbonyl (C=O) groups is 1. The van der Waals surface area contributed by atoms with Crippen LogP contribution in [0.4, 0.5) is 5.82 Å². The third-order valence-electron chi connectivity index (χ3n) is 3.51. The van der Waals surface area contributed by atoms with Crippen molar-refractivity contribution >= 4 is 23.4 Å². The van der Waals surface area contributed by atoms with E-state index in [9.17, 15) is 4.79 Å². The van der Waals surface area contributed by atoms with Gasteiger partial charge in [-0.25, -0.2) is 9.78 Å². The van der Waals surface area contributed by atoms with Crippen LogP contribution in [0.25, 0.3) is 0 Å². The standard InChI is InChI=1S/C11H12ClN3O3/c12-10-13-3-7(9(16)17)8(15-10)14-6-1-11(2-6)4-18-5-11/h3,6H,1-2,4-5H2,(H,16,17)(H,13,14,15). The zero-order chi connectivity index (χ0) is 12.8. The lowest BCUT2D eigenvalue weighted by molar-refractivity contribution is -0.159. The molecule has 7 heteroatoms. The summed E-state index contributed by atoms with van der Waals surface area (Å²) < 4.78 is 5.19. The van der Waals surface area contributed by atoms with Crippen molar-refractivity contribution in [1.82, 2.24) is 9.97 Å². The summed E-state index contributed by atoms with van der Waals surface area (Å²) in [6.07, 6.45) is 3.18. The number of anilines is 1. The Labute approximate surface area is 108 Å². The van der Waals surface area contributed by atoms with Gasteiger partial charge in [0.05, 0.1) is 13.2 Å². The Hall–Kier alpha value is -1.40. The van der Waals surface area contributed by atoms with Crippen molar-refractivity contribution in [3.8, 4) is 0 Å². The molecule has 6 nitrogen and oxygen atoms in total. The van der Waals surface area contributed by atoms with Crippen LogP contribution in [-0.2, 0) is 4.74 Å². The largest absolute Gasteiger partial charge is 0.477 e. The van der Waals surface area contributed by atoms with E-state index in [4.69, 9.17) is 21.4 Å². The molecular weight excluding hydrogens is 258 g/mol. The van der Waals surface area contributed by atoms with Crippen LogP contribution in [0.1, 0.15) is 23.2 Å². The fourth-order valence-corrected chi connectivity index (χ4v) is 2.67. The van der Waals surface area contributed by atoms with Gasteiger partial charge in [-0.3, -0.25) is 0 Å². The van der Waals surface area contributed by atoms with Gasteiger partial charge in [0.15, 0.2) is 0 Å². The summed E-state index contributed by atoms with van der Waals surface area (Å²) in [5.74, 6) is -0.766. The summed E-state index contributed by atoms with van der Waals surface area (Å²) in [6, 6.07) is 0.234. The van der Waals surface area contributed by atoms with E-state index in [2.05, 4.69) is 15.3 Å². The summed E-state index contributed by atoms with van der Waals surface area (Å²) in [4.78, 5) is 18.7. The number of rotatable bonds is 3. The van der Waals surface area contributed by atoms with Crippen molar-refractivity contribution in [2.75, 3.05) is 18.5 Å². The minimum atomic E-state index is -1.06. The first-order valence-electron chi connectivity index (χ1n) is 5.68. The average molecular weight is 270 g/mol. The first kappa shape index (κ1) is 11.7. The van der Waals surface area contributed by atoms with E-state index < -0.39 is 5.97 Å². The van der Waals surface area contributed by atoms with Gasteiger partial charge in [0, 0.05) is 17.7 Å². The highest BCUT2D eigenvalue weighted by Gasteiger charge is 2.50. The summed E-state index contributed by atoms with van der Waals surface area (Å²) in [5.41, 5.74) is 0.364. The summed E-state index contributed by atoms with van der Waals surface area (Å²) >= 11 is 5.69. The van der Waals surface area contributed by atoms with Crippen LogP contribution < -0.4 is 5.32 Å². The maximum absolute atomic E-state index is 11.0. The molecule has 96 valence electrons. The third kappa shape index (κ3) is 1.91. The fourth-order valence-electron chi connectivity index (χ4n) is 2.53. The van der Waals surface area contributed by atoms with Crippen LogP contribution in [0, 0.1) is 5.41 Å². The van der Waals surface area contributed by atoms with Gasteiger partial charge in [-0.1, -0.05) is 0 Å². The molecule has 1 saturated heterocycles. The predicted molar refractivity (Wildman–Crippen MR) is 63.9 cm³/mol. The lowest BCUT2D eigenvalue weighted by atomic mass is 9.64. The molecule has 0 unspecified atom stereocenters. The molecule has 1 saturated carbocycles. The molecule has 1 aromatic rings. The number of carboxylic acids is 1. The Bertz CT molecular complexity index is 496. The lowest BCUT2D eigenvalue weighted by Crippen LogP contribution is -2.56. The molecular formula is C11H12ClN3O3. The van der Waals surface area contributed by atoms with E-state index >= 15 is 0 Å². The molecule has 1 aliphatic carbocycles. The highest BCUT2D eigenvalue weighted by atomic mass is 35.5.